The second-order valence-corrected chi connectivity index (χ2v) is 14.6. The average Bonchev–Trinajstić information content (AvgIpc) is 3.71. The van der Waals surface area contributed by atoms with Gasteiger partial charge in [0.1, 0.15) is 0 Å². The van der Waals surface area contributed by atoms with E-state index < -0.39 is 39.4 Å². The molecule has 0 aromatic heterocycles. The molecular formula is C45H28Cl2N2O5. The molecule has 262 valence electrons. The van der Waals surface area contributed by atoms with Crippen LogP contribution in [0.25, 0.3) is 22.3 Å². The Hall–Kier alpha value is -6.15. The smallest absolute Gasteiger partial charge is 0.269 e. The Labute approximate surface area is 320 Å². The fourth-order valence-corrected chi connectivity index (χ4v) is 9.44. The number of rotatable bonds is 7. The highest BCUT2D eigenvalue weighted by atomic mass is 35.5. The summed E-state index contributed by atoms with van der Waals surface area (Å²) in [6.07, 6.45) is 0. The van der Waals surface area contributed by atoms with Gasteiger partial charge in [0.2, 0.25) is 11.8 Å². The standard InChI is InChI=1S/C45H28Cl2N2O5/c46-33-19-15-31(16-20-33)44-37(29-7-3-1-4-8-29)38(30-9-5-2-6-10-30)45(43(44)52,32-17-21-34(47)22-18-32)40-39(44)41(50)48(42(40)51)35-23-11-27(12-24-35)28-13-25-36(26-14-28)49(53)54/h1-26,39-40H/t39-,40-,44-,45-/m0/s1. The number of hydrogen-bond acceptors (Lipinski definition) is 5. The highest BCUT2D eigenvalue weighted by molar-refractivity contribution is 6.39. The van der Waals surface area contributed by atoms with Crippen LogP contribution in [0.2, 0.25) is 10.0 Å². The number of benzene rings is 6. The van der Waals surface area contributed by atoms with Crippen LogP contribution >= 0.6 is 23.2 Å². The van der Waals surface area contributed by atoms with E-state index in [1.54, 1.807) is 84.9 Å². The molecule has 0 radical (unpaired) electrons. The minimum atomic E-state index is -1.58. The first-order valence-corrected chi connectivity index (χ1v) is 18.1. The number of anilines is 1. The molecule has 7 nitrogen and oxygen atoms in total. The molecule has 2 fully saturated rings. The van der Waals surface area contributed by atoms with Crippen LogP contribution in [0.5, 0.6) is 0 Å². The van der Waals surface area contributed by atoms with E-state index >= 15 is 14.4 Å². The first kappa shape index (κ1) is 33.7. The normalized spacial score (nSPS) is 22.9. The predicted octanol–water partition coefficient (Wildman–Crippen LogP) is 9.76. The fourth-order valence-electron chi connectivity index (χ4n) is 9.19. The SMILES string of the molecule is O=C1[C@@H]2[C@@H](C(=O)N1c1ccc(-c3ccc([N+](=O)[O-])cc3)cc1)[C@@]1(c3ccc(Cl)cc3)C(=O)[C@@]2(c2ccc(Cl)cc2)C(c2ccccc2)=C1c1ccccc1. The summed E-state index contributed by atoms with van der Waals surface area (Å²) in [5.41, 5.74) is 2.68. The number of carbonyl (C=O) groups excluding carboxylic acids is 3. The summed E-state index contributed by atoms with van der Waals surface area (Å²) in [4.78, 5) is 58.7. The molecule has 54 heavy (non-hydrogen) atoms. The molecule has 0 spiro atoms. The van der Waals surface area contributed by atoms with E-state index in [1.807, 2.05) is 60.7 Å². The molecule has 6 aromatic carbocycles. The molecule has 2 amide bonds. The molecule has 9 rings (SSSR count). The van der Waals surface area contributed by atoms with E-state index in [1.165, 1.54) is 17.0 Å². The van der Waals surface area contributed by atoms with Crippen LogP contribution < -0.4 is 4.90 Å². The van der Waals surface area contributed by atoms with Crippen molar-refractivity contribution in [3.63, 3.8) is 0 Å². The van der Waals surface area contributed by atoms with E-state index in [4.69, 9.17) is 23.2 Å². The van der Waals surface area contributed by atoms with Gasteiger partial charge >= 0.3 is 0 Å². The summed E-state index contributed by atoms with van der Waals surface area (Å²) < 4.78 is 0. The van der Waals surface area contributed by atoms with Gasteiger partial charge in [-0.2, -0.15) is 0 Å². The zero-order valence-electron chi connectivity index (χ0n) is 28.4. The van der Waals surface area contributed by atoms with Crippen LogP contribution in [0.3, 0.4) is 0 Å². The number of allylic oxidation sites excluding steroid dienone is 2. The number of amides is 2. The Morgan fingerprint density at radius 2 is 0.889 bits per heavy atom. The first-order valence-electron chi connectivity index (χ1n) is 17.3. The predicted molar refractivity (Wildman–Crippen MR) is 209 cm³/mol. The van der Waals surface area contributed by atoms with Crippen LogP contribution in [-0.4, -0.2) is 22.5 Å². The third-order valence-electron chi connectivity index (χ3n) is 11.3. The molecule has 1 aliphatic heterocycles. The van der Waals surface area contributed by atoms with Gasteiger partial charge in [-0.05, 0) is 93.1 Å². The Balaban J connectivity index is 1.31. The zero-order chi connectivity index (χ0) is 37.4. The maximum absolute atomic E-state index is 16.1. The van der Waals surface area contributed by atoms with Crippen LogP contribution in [0.4, 0.5) is 11.4 Å². The van der Waals surface area contributed by atoms with Gasteiger partial charge in [-0.3, -0.25) is 24.5 Å². The third-order valence-corrected chi connectivity index (χ3v) is 11.8. The Morgan fingerprint density at radius 3 is 1.28 bits per heavy atom. The number of imide groups is 1. The molecule has 2 aliphatic carbocycles. The molecule has 0 N–H and O–H groups in total. The van der Waals surface area contributed by atoms with Gasteiger partial charge in [-0.25, -0.2) is 4.90 Å². The minimum absolute atomic E-state index is 0.0260. The van der Waals surface area contributed by atoms with E-state index in [0.717, 1.165) is 22.3 Å². The molecule has 1 saturated heterocycles. The van der Waals surface area contributed by atoms with Gasteiger partial charge in [0.25, 0.3) is 5.69 Å². The molecular weight excluding hydrogens is 719 g/mol. The highest BCUT2D eigenvalue weighted by Crippen LogP contribution is 2.74. The molecule has 9 heteroatoms. The topological polar surface area (TPSA) is 97.6 Å². The van der Waals surface area contributed by atoms with E-state index in [-0.39, 0.29) is 11.5 Å². The summed E-state index contributed by atoms with van der Waals surface area (Å²) >= 11 is 12.9. The van der Waals surface area contributed by atoms with Crippen LogP contribution in [-0.2, 0) is 25.2 Å². The summed E-state index contributed by atoms with van der Waals surface area (Å²) in [6.45, 7) is 0. The maximum atomic E-state index is 16.1. The van der Waals surface area contributed by atoms with Crippen molar-refractivity contribution in [1.29, 1.82) is 0 Å². The first-order chi connectivity index (χ1) is 26.2. The van der Waals surface area contributed by atoms with Crippen molar-refractivity contribution in [1.82, 2.24) is 0 Å². The molecule has 1 saturated carbocycles. The molecule has 6 aromatic rings. The zero-order valence-corrected chi connectivity index (χ0v) is 29.9. The lowest BCUT2D eigenvalue weighted by Crippen LogP contribution is -2.45. The van der Waals surface area contributed by atoms with E-state index in [9.17, 15) is 10.1 Å². The third kappa shape index (κ3) is 4.58. The molecule has 4 atom stereocenters. The number of Topliss-reactive ketones (excluding diaryl/α,β-unsaturated/α-hetero) is 1. The molecule has 3 aliphatic rings. The number of hydrogen-bond donors (Lipinski definition) is 0. The van der Waals surface area contributed by atoms with E-state index in [0.29, 0.717) is 38.0 Å². The van der Waals surface area contributed by atoms with Crippen molar-refractivity contribution < 1.29 is 19.3 Å². The summed E-state index contributed by atoms with van der Waals surface area (Å²) in [5, 5.41) is 12.2. The molecule has 1 heterocycles. The van der Waals surface area contributed by atoms with Crippen molar-refractivity contribution in [3.8, 4) is 11.1 Å². The van der Waals surface area contributed by atoms with E-state index in [2.05, 4.69) is 0 Å². The van der Waals surface area contributed by atoms with Gasteiger partial charge in [-0.15, -0.1) is 0 Å². The van der Waals surface area contributed by atoms with Crippen LogP contribution in [0.1, 0.15) is 22.3 Å². The van der Waals surface area contributed by atoms with Crippen molar-refractivity contribution in [2.24, 2.45) is 11.8 Å². The lowest BCUT2D eigenvalue weighted by molar-refractivity contribution is -0.384. The number of nitro groups is 1. The second-order valence-electron chi connectivity index (χ2n) is 13.8. The second kappa shape index (κ2) is 12.5. The fraction of sp³-hybridized carbons (Fsp3) is 0.0889. The number of ketones is 1. The van der Waals surface area contributed by atoms with Gasteiger partial charge in [0.15, 0.2) is 5.78 Å². The van der Waals surface area contributed by atoms with Gasteiger partial charge in [0.05, 0.1) is 33.3 Å². The quantitative estimate of drug-likeness (QED) is 0.0921. The van der Waals surface area contributed by atoms with Gasteiger partial charge in [-0.1, -0.05) is 120 Å². The number of nitro benzene ring substituents is 1. The van der Waals surface area contributed by atoms with Crippen LogP contribution in [0.15, 0.2) is 158 Å². The number of halogens is 2. The number of nitrogens with zero attached hydrogens (tertiary/aromatic N) is 2. The molecule has 2 bridgehead atoms. The Bertz CT molecular complexity index is 2410. The molecule has 0 unspecified atom stereocenters. The van der Waals surface area contributed by atoms with Gasteiger partial charge in [0, 0.05) is 22.2 Å². The van der Waals surface area contributed by atoms with Gasteiger partial charge < -0.3 is 0 Å². The average molecular weight is 748 g/mol. The van der Waals surface area contributed by atoms with Crippen molar-refractivity contribution in [3.05, 3.63) is 200 Å². The minimum Gasteiger partial charge on any atom is -0.297 e. The number of carbonyl (C=O) groups is 3. The van der Waals surface area contributed by atoms with Crippen LogP contribution in [0, 0.1) is 22.0 Å². The lowest BCUT2D eigenvalue weighted by Gasteiger charge is -2.39. The Kier molecular flexibility index (Phi) is 7.78. The van der Waals surface area contributed by atoms with Crippen molar-refractivity contribution in [2.75, 3.05) is 4.90 Å². The number of non-ortho nitro benzene ring substituents is 1. The van der Waals surface area contributed by atoms with Crippen molar-refractivity contribution in [2.45, 2.75) is 10.8 Å². The highest BCUT2D eigenvalue weighted by Gasteiger charge is 2.82. The summed E-state index contributed by atoms with van der Waals surface area (Å²) in [6, 6.07) is 46.4. The monoisotopic (exact) mass is 746 g/mol. The maximum Gasteiger partial charge on any atom is 0.269 e. The summed E-state index contributed by atoms with van der Waals surface area (Å²) in [7, 11) is 0. The lowest BCUT2D eigenvalue weighted by atomic mass is 9.59. The summed E-state index contributed by atoms with van der Waals surface area (Å²) in [5.74, 6) is -3.42. The number of fused-ring (bicyclic) bond motifs is 5. The Morgan fingerprint density at radius 1 is 0.500 bits per heavy atom. The largest absolute Gasteiger partial charge is 0.297 e. The van der Waals surface area contributed by atoms with Crippen molar-refractivity contribution >= 4 is 63.3 Å².